The van der Waals surface area contributed by atoms with Crippen molar-refractivity contribution >= 4 is 42.8 Å². The maximum absolute atomic E-state index is 13.4. The van der Waals surface area contributed by atoms with Gasteiger partial charge in [0.1, 0.15) is 12.4 Å². The summed E-state index contributed by atoms with van der Waals surface area (Å²) in [6.45, 7) is 1.98. The molecule has 0 saturated carbocycles. The summed E-state index contributed by atoms with van der Waals surface area (Å²) in [4.78, 5) is 11.3. The number of nitrogens with zero attached hydrogens (tertiary/aromatic N) is 1. The molecule has 1 heterocycles. The molecule has 0 spiro atoms. The van der Waals surface area contributed by atoms with Crippen molar-refractivity contribution in [3.8, 4) is 5.75 Å². The lowest BCUT2D eigenvalue weighted by Gasteiger charge is -2.10. The maximum Gasteiger partial charge on any atom is 0.307 e. The van der Waals surface area contributed by atoms with Crippen LogP contribution in [0, 0.1) is 6.92 Å². The lowest BCUT2D eigenvalue weighted by atomic mass is 10.1. The molecule has 0 saturated heterocycles. The van der Waals surface area contributed by atoms with Crippen molar-refractivity contribution in [2.75, 3.05) is 0 Å². The highest BCUT2D eigenvalue weighted by molar-refractivity contribution is 9.10. The summed E-state index contributed by atoms with van der Waals surface area (Å²) >= 11 is 3.45. The predicted octanol–water partition coefficient (Wildman–Crippen LogP) is 5.16. The molecule has 0 unspecified atom stereocenters. The first-order valence-corrected chi connectivity index (χ1v) is 12.0. The molecule has 0 amide bonds. The molecule has 0 fully saturated rings. The number of halogens is 1. The van der Waals surface area contributed by atoms with Crippen molar-refractivity contribution in [3.63, 3.8) is 0 Å². The van der Waals surface area contributed by atoms with Gasteiger partial charge in [-0.1, -0.05) is 51.8 Å². The van der Waals surface area contributed by atoms with Crippen molar-refractivity contribution < 1.29 is 23.1 Å². The molecular formula is C24H20BrNO5S. The molecular weight excluding hydrogens is 494 g/mol. The highest BCUT2D eigenvalue weighted by Gasteiger charge is 2.22. The number of para-hydroxylation sites is 1. The first-order chi connectivity index (χ1) is 15.3. The minimum atomic E-state index is -3.81. The van der Waals surface area contributed by atoms with Gasteiger partial charge >= 0.3 is 5.97 Å². The zero-order valence-electron chi connectivity index (χ0n) is 17.2. The third kappa shape index (κ3) is 4.42. The van der Waals surface area contributed by atoms with Gasteiger partial charge in [0, 0.05) is 27.2 Å². The molecule has 6 nitrogen and oxygen atoms in total. The van der Waals surface area contributed by atoms with Gasteiger partial charge in [-0.05, 0) is 43.3 Å². The Balaban J connectivity index is 1.75. The smallest absolute Gasteiger partial charge is 0.307 e. The van der Waals surface area contributed by atoms with E-state index >= 15 is 0 Å². The summed E-state index contributed by atoms with van der Waals surface area (Å²) in [7, 11) is -3.81. The van der Waals surface area contributed by atoms with Crippen molar-refractivity contribution in [2.24, 2.45) is 0 Å². The number of benzene rings is 3. The molecule has 0 atom stereocenters. The summed E-state index contributed by atoms with van der Waals surface area (Å²) < 4.78 is 34.7. The number of hydrogen-bond donors (Lipinski definition) is 1. The quantitative estimate of drug-likeness (QED) is 0.369. The Morgan fingerprint density at radius 3 is 2.47 bits per heavy atom. The van der Waals surface area contributed by atoms with Gasteiger partial charge in [0.05, 0.1) is 16.8 Å². The molecule has 164 valence electrons. The van der Waals surface area contributed by atoms with Crippen LogP contribution in [0.2, 0.25) is 0 Å². The summed E-state index contributed by atoms with van der Waals surface area (Å²) in [6, 6.07) is 19.0. The Kier molecular flexibility index (Phi) is 6.08. The summed E-state index contributed by atoms with van der Waals surface area (Å²) in [6.07, 6.45) is 1.40. The normalized spacial score (nSPS) is 11.6. The largest absolute Gasteiger partial charge is 0.489 e. The van der Waals surface area contributed by atoms with Crippen LogP contribution >= 0.6 is 15.9 Å². The van der Waals surface area contributed by atoms with Gasteiger partial charge in [0.2, 0.25) is 0 Å². The molecule has 4 rings (SSSR count). The van der Waals surface area contributed by atoms with E-state index in [0.29, 0.717) is 22.4 Å². The lowest BCUT2D eigenvalue weighted by molar-refractivity contribution is -0.136. The van der Waals surface area contributed by atoms with E-state index in [4.69, 9.17) is 9.84 Å². The van der Waals surface area contributed by atoms with E-state index in [9.17, 15) is 13.2 Å². The second kappa shape index (κ2) is 8.80. The number of ether oxygens (including phenoxy) is 1. The third-order valence-corrected chi connectivity index (χ3v) is 7.27. The Hall–Kier alpha value is -3.10. The summed E-state index contributed by atoms with van der Waals surface area (Å²) in [5, 5.41) is 9.86. The number of aliphatic carboxylic acids is 1. The average molecular weight is 514 g/mol. The first kappa shape index (κ1) is 22.1. The summed E-state index contributed by atoms with van der Waals surface area (Å²) in [5.41, 5.74) is 2.73. The van der Waals surface area contributed by atoms with Crippen LogP contribution in [0.25, 0.3) is 10.9 Å². The Bertz CT molecular complexity index is 1410. The number of aromatic nitrogens is 1. The van der Waals surface area contributed by atoms with E-state index < -0.39 is 16.0 Å². The minimum Gasteiger partial charge on any atom is -0.489 e. The van der Waals surface area contributed by atoms with E-state index in [1.54, 1.807) is 66.9 Å². The SMILES string of the molecule is Cc1ccc(S(=O)(=O)n2cc(COc3ccccc3CC(=O)O)c3cc(Br)ccc32)cc1. The highest BCUT2D eigenvalue weighted by atomic mass is 79.9. The highest BCUT2D eigenvalue weighted by Crippen LogP contribution is 2.30. The summed E-state index contributed by atoms with van der Waals surface area (Å²) in [5.74, 6) is -0.502. The number of carbonyl (C=O) groups is 1. The van der Waals surface area contributed by atoms with Crippen LogP contribution in [0.5, 0.6) is 5.75 Å². The van der Waals surface area contributed by atoms with Gasteiger partial charge in [-0.2, -0.15) is 0 Å². The second-order valence-corrected chi connectivity index (χ2v) is 10.1. The van der Waals surface area contributed by atoms with Crippen LogP contribution in [0.3, 0.4) is 0 Å². The zero-order chi connectivity index (χ0) is 22.9. The van der Waals surface area contributed by atoms with Crippen LogP contribution in [-0.2, 0) is 27.8 Å². The monoisotopic (exact) mass is 513 g/mol. The van der Waals surface area contributed by atoms with Crippen LogP contribution in [-0.4, -0.2) is 23.5 Å². The molecule has 4 aromatic rings. The number of aryl methyl sites for hydroxylation is 1. The van der Waals surface area contributed by atoms with E-state index in [-0.39, 0.29) is 17.9 Å². The van der Waals surface area contributed by atoms with Crippen molar-refractivity contribution in [1.29, 1.82) is 0 Å². The van der Waals surface area contributed by atoms with Gasteiger partial charge in [0.25, 0.3) is 10.0 Å². The lowest BCUT2D eigenvalue weighted by Crippen LogP contribution is -2.12. The maximum atomic E-state index is 13.4. The number of carboxylic acid groups (broad SMARTS) is 1. The molecule has 3 aromatic carbocycles. The van der Waals surface area contributed by atoms with Gasteiger partial charge in [0.15, 0.2) is 0 Å². The fraction of sp³-hybridized carbons (Fsp3) is 0.125. The Morgan fingerprint density at radius 2 is 1.75 bits per heavy atom. The van der Waals surface area contributed by atoms with Gasteiger partial charge in [-0.25, -0.2) is 12.4 Å². The van der Waals surface area contributed by atoms with Crippen LogP contribution in [0.4, 0.5) is 0 Å². The topological polar surface area (TPSA) is 85.6 Å². The Labute approximate surface area is 194 Å². The zero-order valence-corrected chi connectivity index (χ0v) is 19.6. The van der Waals surface area contributed by atoms with Gasteiger partial charge in [-0.15, -0.1) is 0 Å². The molecule has 0 radical (unpaired) electrons. The fourth-order valence-corrected chi connectivity index (χ4v) is 5.24. The predicted molar refractivity (Wildman–Crippen MR) is 126 cm³/mol. The van der Waals surface area contributed by atoms with Gasteiger partial charge in [-0.3, -0.25) is 4.79 Å². The molecule has 0 aliphatic carbocycles. The van der Waals surface area contributed by atoms with Crippen LogP contribution in [0.15, 0.2) is 82.3 Å². The van der Waals surface area contributed by atoms with Crippen molar-refractivity contribution in [1.82, 2.24) is 3.97 Å². The number of fused-ring (bicyclic) bond motifs is 1. The fourth-order valence-electron chi connectivity index (χ4n) is 3.49. The average Bonchev–Trinajstić information content (AvgIpc) is 3.11. The van der Waals surface area contributed by atoms with Crippen LogP contribution < -0.4 is 4.74 Å². The molecule has 0 aliphatic rings. The second-order valence-electron chi connectivity index (χ2n) is 7.40. The van der Waals surface area contributed by atoms with E-state index in [1.807, 2.05) is 13.0 Å². The van der Waals surface area contributed by atoms with E-state index in [2.05, 4.69) is 15.9 Å². The molecule has 0 aliphatic heterocycles. The Morgan fingerprint density at radius 1 is 1.03 bits per heavy atom. The minimum absolute atomic E-state index is 0.0833. The molecule has 1 N–H and O–H groups in total. The molecule has 1 aromatic heterocycles. The third-order valence-electron chi connectivity index (χ3n) is 5.09. The first-order valence-electron chi connectivity index (χ1n) is 9.80. The molecule has 32 heavy (non-hydrogen) atoms. The van der Waals surface area contributed by atoms with E-state index in [0.717, 1.165) is 15.4 Å². The number of hydrogen-bond acceptors (Lipinski definition) is 4. The number of rotatable bonds is 7. The van der Waals surface area contributed by atoms with Crippen molar-refractivity contribution in [2.45, 2.75) is 24.8 Å². The van der Waals surface area contributed by atoms with Crippen LogP contribution in [0.1, 0.15) is 16.7 Å². The van der Waals surface area contributed by atoms with Crippen molar-refractivity contribution in [3.05, 3.63) is 94.1 Å². The van der Waals surface area contributed by atoms with E-state index in [1.165, 1.54) is 3.97 Å². The number of carboxylic acids is 1. The standard InChI is InChI=1S/C24H20BrNO5S/c1-16-6-9-20(10-7-16)32(29,30)26-14-18(21-13-19(25)8-11-22(21)26)15-31-23-5-3-2-4-17(23)12-24(27)28/h2-11,13-14H,12,15H2,1H3,(H,27,28). The van der Waals surface area contributed by atoms with Gasteiger partial charge < -0.3 is 9.84 Å². The molecule has 8 heteroatoms. The molecule has 0 bridgehead atoms.